The van der Waals surface area contributed by atoms with Crippen molar-refractivity contribution in [3.05, 3.63) is 51.8 Å². The van der Waals surface area contributed by atoms with E-state index in [4.69, 9.17) is 27.9 Å². The van der Waals surface area contributed by atoms with Gasteiger partial charge in [0.1, 0.15) is 0 Å². The molecule has 0 saturated heterocycles. The van der Waals surface area contributed by atoms with Crippen LogP contribution in [-0.2, 0) is 11.8 Å². The minimum Gasteiger partial charge on any atom is -0.454 e. The SMILES string of the molecule is Cn1cc(C(=O)OCC(=O)c2ccc(Cl)c(Cl)c2)cn1. The molecule has 1 aromatic carbocycles. The van der Waals surface area contributed by atoms with E-state index < -0.39 is 5.97 Å². The van der Waals surface area contributed by atoms with Crippen LogP contribution in [0.2, 0.25) is 10.0 Å². The molecule has 20 heavy (non-hydrogen) atoms. The summed E-state index contributed by atoms with van der Waals surface area (Å²) in [7, 11) is 1.68. The third kappa shape index (κ3) is 3.37. The molecule has 0 aliphatic rings. The van der Waals surface area contributed by atoms with Gasteiger partial charge in [0.15, 0.2) is 12.4 Å². The van der Waals surface area contributed by atoms with Crippen LogP contribution < -0.4 is 0 Å². The van der Waals surface area contributed by atoms with E-state index in [9.17, 15) is 9.59 Å². The summed E-state index contributed by atoms with van der Waals surface area (Å²) in [4.78, 5) is 23.5. The minimum atomic E-state index is -0.605. The Morgan fingerprint density at radius 1 is 1.25 bits per heavy atom. The number of esters is 1. The molecular weight excluding hydrogens is 303 g/mol. The van der Waals surface area contributed by atoms with Gasteiger partial charge >= 0.3 is 5.97 Å². The molecule has 0 aliphatic heterocycles. The number of benzene rings is 1. The first-order valence-electron chi connectivity index (χ1n) is 5.61. The highest BCUT2D eigenvalue weighted by Crippen LogP contribution is 2.22. The number of halogens is 2. The number of hydrogen-bond acceptors (Lipinski definition) is 4. The summed E-state index contributed by atoms with van der Waals surface area (Å²) in [5.74, 6) is -0.965. The average molecular weight is 313 g/mol. The lowest BCUT2D eigenvalue weighted by Crippen LogP contribution is -2.14. The smallest absolute Gasteiger partial charge is 0.341 e. The Hall–Kier alpha value is -1.85. The highest BCUT2D eigenvalue weighted by atomic mass is 35.5. The van der Waals surface area contributed by atoms with Crippen LogP contribution in [0.4, 0.5) is 0 Å². The Morgan fingerprint density at radius 3 is 2.60 bits per heavy atom. The van der Waals surface area contributed by atoms with Crippen molar-refractivity contribution in [2.24, 2.45) is 7.05 Å². The first-order valence-corrected chi connectivity index (χ1v) is 6.37. The van der Waals surface area contributed by atoms with Crippen LogP contribution in [0.15, 0.2) is 30.6 Å². The molecule has 1 aromatic heterocycles. The Kier molecular flexibility index (Phi) is 4.42. The number of carbonyl (C=O) groups excluding carboxylic acids is 2. The second-order valence-electron chi connectivity index (χ2n) is 4.03. The molecular formula is C13H10Cl2N2O3. The predicted molar refractivity (Wildman–Crippen MR) is 74.3 cm³/mol. The van der Waals surface area contributed by atoms with Crippen LogP contribution in [-0.4, -0.2) is 28.1 Å². The van der Waals surface area contributed by atoms with Gasteiger partial charge in [-0.3, -0.25) is 9.48 Å². The van der Waals surface area contributed by atoms with Gasteiger partial charge in [0, 0.05) is 18.8 Å². The second kappa shape index (κ2) is 6.07. The van der Waals surface area contributed by atoms with E-state index in [1.807, 2.05) is 0 Å². The molecule has 2 rings (SSSR count). The molecule has 0 saturated carbocycles. The van der Waals surface area contributed by atoms with Crippen molar-refractivity contribution < 1.29 is 14.3 Å². The fraction of sp³-hybridized carbons (Fsp3) is 0.154. The summed E-state index contributed by atoms with van der Waals surface area (Å²) < 4.78 is 6.38. The maximum Gasteiger partial charge on any atom is 0.341 e. The number of carbonyl (C=O) groups is 2. The molecule has 1 heterocycles. The van der Waals surface area contributed by atoms with E-state index in [0.29, 0.717) is 10.6 Å². The fourth-order valence-corrected chi connectivity index (χ4v) is 1.79. The number of aryl methyl sites for hydroxylation is 1. The maximum atomic E-state index is 11.8. The van der Waals surface area contributed by atoms with E-state index in [1.54, 1.807) is 7.05 Å². The molecule has 0 bridgehead atoms. The van der Waals surface area contributed by atoms with Crippen LogP contribution >= 0.6 is 23.2 Å². The van der Waals surface area contributed by atoms with Gasteiger partial charge in [0.05, 0.1) is 21.8 Å². The molecule has 2 aromatic rings. The van der Waals surface area contributed by atoms with E-state index in [2.05, 4.69) is 5.10 Å². The minimum absolute atomic E-state index is 0.274. The van der Waals surface area contributed by atoms with E-state index in [1.165, 1.54) is 35.3 Å². The summed E-state index contributed by atoms with van der Waals surface area (Å²) in [6.07, 6.45) is 2.87. The molecule has 0 atom stereocenters. The standard InChI is InChI=1S/C13H10Cl2N2O3/c1-17-6-9(5-16-17)13(19)20-7-12(18)8-2-3-10(14)11(15)4-8/h2-6H,7H2,1H3. The molecule has 7 heteroatoms. The number of rotatable bonds is 4. The van der Waals surface area contributed by atoms with Crippen molar-refractivity contribution in [3.8, 4) is 0 Å². The van der Waals surface area contributed by atoms with Crippen LogP contribution in [0.25, 0.3) is 0 Å². The number of Topliss-reactive ketones (excluding diaryl/α,β-unsaturated/α-hetero) is 1. The van der Waals surface area contributed by atoms with Gasteiger partial charge in [-0.2, -0.15) is 5.10 Å². The summed E-state index contributed by atoms with van der Waals surface area (Å²) in [5, 5.41) is 4.47. The number of hydrogen-bond donors (Lipinski definition) is 0. The van der Waals surface area contributed by atoms with Crippen molar-refractivity contribution in [2.45, 2.75) is 0 Å². The molecule has 104 valence electrons. The van der Waals surface area contributed by atoms with Gasteiger partial charge < -0.3 is 4.74 Å². The van der Waals surface area contributed by atoms with Gasteiger partial charge in [0.2, 0.25) is 0 Å². The van der Waals surface area contributed by atoms with E-state index >= 15 is 0 Å². The lowest BCUT2D eigenvalue weighted by Gasteiger charge is -2.04. The molecule has 0 fully saturated rings. The van der Waals surface area contributed by atoms with E-state index in [0.717, 1.165) is 0 Å². The molecule has 0 unspecified atom stereocenters. The third-order valence-electron chi connectivity index (χ3n) is 2.52. The Bertz CT molecular complexity index is 667. The van der Waals surface area contributed by atoms with Crippen LogP contribution in [0.3, 0.4) is 0 Å². The topological polar surface area (TPSA) is 61.2 Å². The Labute approximate surface area is 125 Å². The van der Waals surface area contributed by atoms with Crippen LogP contribution in [0.1, 0.15) is 20.7 Å². The van der Waals surface area contributed by atoms with Gasteiger partial charge in [-0.25, -0.2) is 4.79 Å². The first-order chi connectivity index (χ1) is 9.47. The number of aromatic nitrogens is 2. The normalized spacial score (nSPS) is 10.3. The predicted octanol–water partition coefficient (Wildman–Crippen LogP) is 2.77. The maximum absolute atomic E-state index is 11.8. The molecule has 5 nitrogen and oxygen atoms in total. The quantitative estimate of drug-likeness (QED) is 0.643. The third-order valence-corrected chi connectivity index (χ3v) is 3.26. The Balaban J connectivity index is 1.98. The van der Waals surface area contributed by atoms with Gasteiger partial charge in [-0.1, -0.05) is 23.2 Å². The van der Waals surface area contributed by atoms with Crippen LogP contribution in [0.5, 0.6) is 0 Å². The lowest BCUT2D eigenvalue weighted by atomic mass is 10.1. The molecule has 0 aliphatic carbocycles. The van der Waals surface area contributed by atoms with Crippen molar-refractivity contribution in [1.29, 1.82) is 0 Å². The second-order valence-corrected chi connectivity index (χ2v) is 4.85. The molecule has 0 spiro atoms. The number of ketones is 1. The van der Waals surface area contributed by atoms with Crippen molar-refractivity contribution in [1.82, 2.24) is 9.78 Å². The monoisotopic (exact) mass is 312 g/mol. The first kappa shape index (κ1) is 14.6. The van der Waals surface area contributed by atoms with Crippen molar-refractivity contribution >= 4 is 35.0 Å². The summed E-state index contributed by atoms with van der Waals surface area (Å²) >= 11 is 11.6. The average Bonchev–Trinajstić information content (AvgIpc) is 2.85. The molecule has 0 amide bonds. The zero-order chi connectivity index (χ0) is 14.7. The molecule has 0 N–H and O–H groups in total. The van der Waals surface area contributed by atoms with Gasteiger partial charge in [-0.15, -0.1) is 0 Å². The van der Waals surface area contributed by atoms with Gasteiger partial charge in [0.25, 0.3) is 0 Å². The summed E-state index contributed by atoms with van der Waals surface area (Å²) in [6, 6.07) is 4.47. The summed E-state index contributed by atoms with van der Waals surface area (Å²) in [6.45, 7) is -0.369. The number of ether oxygens (including phenoxy) is 1. The zero-order valence-corrected chi connectivity index (χ0v) is 12.0. The van der Waals surface area contributed by atoms with Crippen LogP contribution in [0, 0.1) is 0 Å². The summed E-state index contributed by atoms with van der Waals surface area (Å²) in [5.41, 5.74) is 0.618. The lowest BCUT2D eigenvalue weighted by molar-refractivity contribution is 0.0474. The molecule has 0 radical (unpaired) electrons. The highest BCUT2D eigenvalue weighted by molar-refractivity contribution is 6.42. The largest absolute Gasteiger partial charge is 0.454 e. The highest BCUT2D eigenvalue weighted by Gasteiger charge is 2.14. The van der Waals surface area contributed by atoms with Crippen molar-refractivity contribution in [3.63, 3.8) is 0 Å². The van der Waals surface area contributed by atoms with Crippen molar-refractivity contribution in [2.75, 3.05) is 6.61 Å². The zero-order valence-electron chi connectivity index (χ0n) is 10.5. The fourth-order valence-electron chi connectivity index (χ4n) is 1.49. The Morgan fingerprint density at radius 2 is 2.00 bits per heavy atom. The van der Waals surface area contributed by atoms with E-state index in [-0.39, 0.29) is 23.0 Å². The number of nitrogens with zero attached hydrogens (tertiary/aromatic N) is 2. The van der Waals surface area contributed by atoms with Gasteiger partial charge in [-0.05, 0) is 18.2 Å².